The fraction of sp³-hybridized carbons (Fsp3) is 0.294. The summed E-state index contributed by atoms with van der Waals surface area (Å²) in [6, 6.07) is 13.3. The average Bonchev–Trinajstić information content (AvgIpc) is 3.87. The minimum Gasteiger partial charge on any atom is -0.454 e. The smallest absolute Gasteiger partial charge is 0.422 e. The van der Waals surface area contributed by atoms with Gasteiger partial charge in [-0.15, -0.1) is 0 Å². The molecule has 3 aromatic carbocycles. The van der Waals surface area contributed by atoms with Crippen molar-refractivity contribution >= 4 is 64.2 Å². The molecule has 1 fully saturated rings. The predicted octanol–water partition coefficient (Wildman–Crippen LogP) is 6.75. The number of aromatic nitrogens is 3. The molecule has 1 saturated carbocycles. The largest absolute Gasteiger partial charge is 0.454 e. The van der Waals surface area contributed by atoms with Gasteiger partial charge in [-0.05, 0) is 72.4 Å². The number of halogens is 7. The van der Waals surface area contributed by atoms with Gasteiger partial charge in [0, 0.05) is 29.5 Å². The van der Waals surface area contributed by atoms with Crippen molar-refractivity contribution in [2.24, 2.45) is 5.41 Å². The standard InChI is InChI=1S/C34H31Cl2F5N8O4/c1-32(2,16-43-27(51)28(52)44-20-8-10-23(36)25(38)14-20)15-42-26(50)22-9-7-21(13-24(22)37)45-29-46-30(48-31(47-29)53-17-34(39,40)41)49-33(11-12-33)18-3-5-19(35)6-4-18/h3-10,13-14H,11-12,15-17H2,1-2H3,(H,42,50)(H,43,51)(H,44,52)(H2,45,46,47,48,49). The average molecular weight is 782 g/mol. The number of benzene rings is 3. The summed E-state index contributed by atoms with van der Waals surface area (Å²) in [5.41, 5.74) is -0.808. The Morgan fingerprint density at radius 1 is 0.811 bits per heavy atom. The molecule has 53 heavy (non-hydrogen) atoms. The quantitative estimate of drug-likeness (QED) is 0.0731. The van der Waals surface area contributed by atoms with Crippen molar-refractivity contribution in [3.05, 3.63) is 93.5 Å². The summed E-state index contributed by atoms with van der Waals surface area (Å²) in [5.74, 6) is -4.94. The maximum atomic E-state index is 15.2. The van der Waals surface area contributed by atoms with Crippen molar-refractivity contribution in [3.8, 4) is 6.01 Å². The Morgan fingerprint density at radius 2 is 1.45 bits per heavy atom. The molecule has 0 aliphatic heterocycles. The minimum absolute atomic E-state index is 0.0216. The number of hydrogen-bond acceptors (Lipinski definition) is 9. The van der Waals surface area contributed by atoms with Crippen molar-refractivity contribution in [1.82, 2.24) is 25.6 Å². The monoisotopic (exact) mass is 780 g/mol. The van der Waals surface area contributed by atoms with E-state index in [4.69, 9.17) is 27.9 Å². The number of rotatable bonds is 13. The molecule has 0 atom stereocenters. The molecule has 5 rings (SSSR count). The zero-order valence-corrected chi connectivity index (χ0v) is 29.4. The molecule has 1 heterocycles. The number of nitrogens with zero attached hydrogens (tertiary/aromatic N) is 3. The minimum atomic E-state index is -4.67. The van der Waals surface area contributed by atoms with Crippen LogP contribution in [0.3, 0.4) is 0 Å². The molecule has 1 aromatic heterocycles. The molecule has 280 valence electrons. The molecule has 3 amide bonds. The van der Waals surface area contributed by atoms with Gasteiger partial charge in [-0.1, -0.05) is 49.2 Å². The van der Waals surface area contributed by atoms with Gasteiger partial charge in [0.15, 0.2) is 6.61 Å². The summed E-state index contributed by atoms with van der Waals surface area (Å²) in [4.78, 5) is 49.5. The van der Waals surface area contributed by atoms with Crippen molar-refractivity contribution in [1.29, 1.82) is 0 Å². The SMILES string of the molecule is CC(C)(CNC(=O)C(=O)Nc1ccc(Cl)c(F)c1)CNC(=O)c1ccc(Nc2nc(NC3(c4ccc(Cl)cc4)CC3)nc(OCC(F)(F)F)n2)cc1F. The van der Waals surface area contributed by atoms with Gasteiger partial charge in [0.2, 0.25) is 11.9 Å². The zero-order valence-electron chi connectivity index (χ0n) is 27.9. The second kappa shape index (κ2) is 15.8. The van der Waals surface area contributed by atoms with Crippen LogP contribution < -0.4 is 31.3 Å². The number of alkyl halides is 3. The van der Waals surface area contributed by atoms with Crippen LogP contribution in [0.4, 0.5) is 45.2 Å². The zero-order chi connectivity index (χ0) is 38.6. The number of ether oxygens (including phenoxy) is 1. The maximum Gasteiger partial charge on any atom is 0.422 e. The normalized spacial score (nSPS) is 13.5. The van der Waals surface area contributed by atoms with Crippen molar-refractivity contribution in [3.63, 3.8) is 0 Å². The molecule has 0 bridgehead atoms. The molecule has 12 nitrogen and oxygen atoms in total. The lowest BCUT2D eigenvalue weighted by Crippen LogP contribution is -2.45. The van der Waals surface area contributed by atoms with Crippen LogP contribution in [0.25, 0.3) is 0 Å². The Balaban J connectivity index is 1.20. The van der Waals surface area contributed by atoms with Gasteiger partial charge in [0.25, 0.3) is 5.91 Å². The highest BCUT2D eigenvalue weighted by molar-refractivity contribution is 6.39. The van der Waals surface area contributed by atoms with E-state index in [1.807, 2.05) is 0 Å². The molecule has 0 unspecified atom stereocenters. The lowest BCUT2D eigenvalue weighted by Gasteiger charge is -2.25. The number of nitrogens with one attached hydrogen (secondary N) is 5. The molecule has 1 aliphatic rings. The van der Waals surface area contributed by atoms with E-state index < -0.39 is 59.1 Å². The molecule has 0 radical (unpaired) electrons. The second-order valence-corrected chi connectivity index (χ2v) is 13.7. The van der Waals surface area contributed by atoms with Gasteiger partial charge in [0.1, 0.15) is 11.6 Å². The lowest BCUT2D eigenvalue weighted by molar-refractivity contribution is -0.154. The number of hydrogen-bond donors (Lipinski definition) is 5. The Kier molecular flexibility index (Phi) is 11.6. The predicted molar refractivity (Wildman–Crippen MR) is 186 cm³/mol. The fourth-order valence-electron chi connectivity index (χ4n) is 4.82. The molecular formula is C34H31Cl2F5N8O4. The van der Waals surface area contributed by atoms with E-state index in [0.717, 1.165) is 17.7 Å². The first-order chi connectivity index (χ1) is 24.9. The van der Waals surface area contributed by atoms with Crippen LogP contribution in [0.15, 0.2) is 60.7 Å². The van der Waals surface area contributed by atoms with Crippen LogP contribution in [0.1, 0.15) is 42.6 Å². The Labute approximate surface area is 309 Å². The van der Waals surface area contributed by atoms with E-state index in [9.17, 15) is 31.9 Å². The van der Waals surface area contributed by atoms with E-state index in [1.165, 1.54) is 24.3 Å². The van der Waals surface area contributed by atoms with E-state index in [1.54, 1.807) is 38.1 Å². The van der Waals surface area contributed by atoms with Crippen LogP contribution in [0.2, 0.25) is 10.0 Å². The van der Waals surface area contributed by atoms with Crippen LogP contribution in [0, 0.1) is 17.0 Å². The van der Waals surface area contributed by atoms with Crippen LogP contribution in [0.5, 0.6) is 6.01 Å². The highest BCUT2D eigenvalue weighted by atomic mass is 35.5. The highest BCUT2D eigenvalue weighted by Crippen LogP contribution is 2.48. The number of anilines is 4. The van der Waals surface area contributed by atoms with Gasteiger partial charge >= 0.3 is 24.0 Å². The summed E-state index contributed by atoms with van der Waals surface area (Å²) in [5, 5.41) is 13.5. The van der Waals surface area contributed by atoms with Gasteiger partial charge in [-0.3, -0.25) is 14.4 Å². The molecule has 0 saturated heterocycles. The summed E-state index contributed by atoms with van der Waals surface area (Å²) in [6.07, 6.45) is -3.32. The molecule has 5 N–H and O–H groups in total. The fourth-order valence-corrected chi connectivity index (χ4v) is 5.06. The third-order valence-electron chi connectivity index (χ3n) is 7.79. The molecule has 1 aliphatic carbocycles. The third kappa shape index (κ3) is 10.9. The summed E-state index contributed by atoms with van der Waals surface area (Å²) < 4.78 is 72.4. The summed E-state index contributed by atoms with van der Waals surface area (Å²) >= 11 is 11.6. The second-order valence-electron chi connectivity index (χ2n) is 12.8. The molecule has 19 heteroatoms. The maximum absolute atomic E-state index is 15.2. The topological polar surface area (TPSA) is 159 Å². The number of amides is 3. The molecular weight excluding hydrogens is 750 g/mol. The first-order valence-electron chi connectivity index (χ1n) is 15.8. The molecule has 0 spiro atoms. The van der Waals surface area contributed by atoms with E-state index >= 15 is 4.39 Å². The van der Waals surface area contributed by atoms with Gasteiger partial charge in [0.05, 0.1) is 16.1 Å². The number of carbonyl (C=O) groups is 3. The Morgan fingerprint density at radius 3 is 2.09 bits per heavy atom. The van der Waals surface area contributed by atoms with Crippen molar-refractivity contribution < 1.29 is 41.1 Å². The van der Waals surface area contributed by atoms with Crippen molar-refractivity contribution in [2.45, 2.75) is 38.4 Å². The van der Waals surface area contributed by atoms with Gasteiger partial charge in [-0.25, -0.2) is 8.78 Å². The summed E-state index contributed by atoms with van der Waals surface area (Å²) in [7, 11) is 0. The Hall–Kier alpha value is -5.29. The number of carbonyl (C=O) groups excluding carboxylic acids is 3. The lowest BCUT2D eigenvalue weighted by atomic mass is 9.93. The van der Waals surface area contributed by atoms with Gasteiger partial charge in [-0.2, -0.15) is 28.1 Å². The van der Waals surface area contributed by atoms with E-state index in [-0.39, 0.29) is 46.9 Å². The van der Waals surface area contributed by atoms with Crippen molar-refractivity contribution in [2.75, 3.05) is 35.6 Å². The van der Waals surface area contributed by atoms with Crippen LogP contribution in [-0.2, 0) is 15.1 Å². The van der Waals surface area contributed by atoms with E-state index in [0.29, 0.717) is 17.9 Å². The highest BCUT2D eigenvalue weighted by Gasteiger charge is 2.45. The third-order valence-corrected chi connectivity index (χ3v) is 8.34. The first kappa shape index (κ1) is 38.9. The van der Waals surface area contributed by atoms with Gasteiger partial charge < -0.3 is 31.3 Å². The first-order valence-corrected chi connectivity index (χ1v) is 16.5. The molecule has 4 aromatic rings. The van der Waals surface area contributed by atoms with E-state index in [2.05, 4.69) is 41.5 Å². The Bertz CT molecular complexity index is 2010. The van der Waals surface area contributed by atoms with Crippen LogP contribution >= 0.6 is 23.2 Å². The van der Waals surface area contributed by atoms with Crippen LogP contribution in [-0.4, -0.2) is 58.5 Å². The summed E-state index contributed by atoms with van der Waals surface area (Å²) in [6.45, 7) is 1.57.